The molecule has 1 aromatic carbocycles. The number of hydrogen-bond acceptors (Lipinski definition) is 5. The monoisotopic (exact) mass is 451 g/mol. The number of carbonyl (C=O) groups is 2. The summed E-state index contributed by atoms with van der Waals surface area (Å²) >= 11 is 0. The van der Waals surface area contributed by atoms with Gasteiger partial charge in [0.25, 0.3) is 5.91 Å². The molecule has 1 saturated heterocycles. The molecule has 0 unspecified atom stereocenters. The zero-order valence-corrected chi connectivity index (χ0v) is 18.6. The fourth-order valence-corrected chi connectivity index (χ4v) is 5.24. The molecule has 10 heteroatoms. The fraction of sp³-hybridized carbons (Fsp3) is 0.429. The number of H-pyrrole nitrogens is 1. The molecule has 8 nitrogen and oxygen atoms in total. The number of ether oxygens (including phenoxy) is 1. The maximum Gasteiger partial charge on any atom is 0.272 e. The van der Waals surface area contributed by atoms with E-state index in [1.807, 2.05) is 6.92 Å². The number of aromatic amines is 1. The van der Waals surface area contributed by atoms with Gasteiger partial charge in [-0.05, 0) is 44.0 Å². The van der Waals surface area contributed by atoms with Crippen LogP contribution in [0, 0.1) is 12.7 Å². The van der Waals surface area contributed by atoms with E-state index in [0.717, 1.165) is 22.9 Å². The molecule has 1 aliphatic rings. The quantitative estimate of drug-likeness (QED) is 0.630. The Bertz CT molecular complexity index is 1100. The topological polar surface area (TPSA) is 109 Å². The number of ketones is 1. The van der Waals surface area contributed by atoms with E-state index >= 15 is 0 Å². The lowest BCUT2D eigenvalue weighted by Gasteiger charge is -2.26. The number of morpholine rings is 1. The van der Waals surface area contributed by atoms with Crippen LogP contribution in [-0.2, 0) is 21.2 Å². The highest BCUT2D eigenvalue weighted by molar-refractivity contribution is 7.89. The summed E-state index contributed by atoms with van der Waals surface area (Å²) in [4.78, 5) is 27.4. The van der Waals surface area contributed by atoms with Crippen LogP contribution in [0.2, 0.25) is 0 Å². The molecule has 2 aromatic rings. The summed E-state index contributed by atoms with van der Waals surface area (Å²) in [6.45, 7) is 5.85. The van der Waals surface area contributed by atoms with Gasteiger partial charge in [0.05, 0.1) is 13.2 Å². The molecule has 168 valence electrons. The molecule has 1 amide bonds. The van der Waals surface area contributed by atoms with Gasteiger partial charge in [-0.3, -0.25) is 9.59 Å². The molecule has 0 radical (unpaired) electrons. The van der Waals surface area contributed by atoms with E-state index in [1.54, 1.807) is 6.92 Å². The Balaban J connectivity index is 1.92. The minimum absolute atomic E-state index is 0.133. The molecule has 2 N–H and O–H groups in total. The van der Waals surface area contributed by atoms with Gasteiger partial charge in [0.2, 0.25) is 10.0 Å². The highest BCUT2D eigenvalue weighted by Crippen LogP contribution is 2.26. The fourth-order valence-electron chi connectivity index (χ4n) is 3.75. The Morgan fingerprint density at radius 1 is 1.26 bits per heavy atom. The first kappa shape index (κ1) is 23.1. The first-order chi connectivity index (χ1) is 14.7. The number of aryl methyl sites for hydroxylation is 1. The van der Waals surface area contributed by atoms with Gasteiger partial charge in [-0.15, -0.1) is 0 Å². The Hall–Kier alpha value is -2.56. The second-order valence-electron chi connectivity index (χ2n) is 7.40. The molecule has 1 aromatic heterocycles. The molecule has 0 saturated carbocycles. The lowest BCUT2D eigenvalue weighted by Crippen LogP contribution is -2.40. The highest BCUT2D eigenvalue weighted by Gasteiger charge is 2.30. The van der Waals surface area contributed by atoms with Gasteiger partial charge >= 0.3 is 0 Å². The summed E-state index contributed by atoms with van der Waals surface area (Å²) in [5, 5.41) is 2.62. The molecule has 0 atom stereocenters. The van der Waals surface area contributed by atoms with Crippen molar-refractivity contribution in [3.63, 3.8) is 0 Å². The van der Waals surface area contributed by atoms with Crippen molar-refractivity contribution in [1.29, 1.82) is 0 Å². The Labute approximate surface area is 180 Å². The van der Waals surface area contributed by atoms with Crippen molar-refractivity contribution in [2.75, 3.05) is 31.6 Å². The molecule has 0 aliphatic carbocycles. The first-order valence-electron chi connectivity index (χ1n) is 10.1. The largest absolute Gasteiger partial charge is 0.379 e. The third kappa shape index (κ3) is 4.70. The van der Waals surface area contributed by atoms with E-state index in [-0.39, 0.29) is 43.5 Å². The number of aromatic nitrogens is 1. The third-order valence-corrected chi connectivity index (χ3v) is 7.06. The number of nitrogens with zero attached hydrogens (tertiary/aromatic N) is 1. The summed E-state index contributed by atoms with van der Waals surface area (Å²) in [5.41, 5.74) is 2.08. The van der Waals surface area contributed by atoms with Crippen molar-refractivity contribution < 1.29 is 27.1 Å². The lowest BCUT2D eigenvalue weighted by atomic mass is 10.0. The van der Waals surface area contributed by atoms with Gasteiger partial charge < -0.3 is 15.0 Å². The van der Waals surface area contributed by atoms with E-state index in [9.17, 15) is 22.4 Å². The van der Waals surface area contributed by atoms with Crippen molar-refractivity contribution in [3.05, 3.63) is 46.5 Å². The van der Waals surface area contributed by atoms with Crippen molar-refractivity contribution in [3.8, 4) is 0 Å². The molecule has 1 fully saturated rings. The SMILES string of the molecule is CCCc1c(C(=O)Nc2ccc(F)c(S(=O)(=O)N3CCOCC3)c2)[nH]c(C)c1C(C)=O. The Kier molecular flexibility index (Phi) is 6.93. The van der Waals surface area contributed by atoms with Crippen molar-refractivity contribution >= 4 is 27.4 Å². The smallest absolute Gasteiger partial charge is 0.272 e. The number of sulfonamides is 1. The van der Waals surface area contributed by atoms with Gasteiger partial charge in [0.1, 0.15) is 16.4 Å². The van der Waals surface area contributed by atoms with Crippen molar-refractivity contribution in [2.45, 2.75) is 38.5 Å². The molecule has 3 rings (SSSR count). The van der Waals surface area contributed by atoms with Gasteiger partial charge in [-0.2, -0.15) is 4.31 Å². The molecular formula is C21H26FN3O5S. The zero-order valence-electron chi connectivity index (χ0n) is 17.7. The average molecular weight is 452 g/mol. The number of carbonyl (C=O) groups excluding carboxylic acids is 2. The van der Waals surface area contributed by atoms with Crippen LogP contribution in [0.3, 0.4) is 0 Å². The maximum atomic E-state index is 14.4. The van der Waals surface area contributed by atoms with Crippen molar-refractivity contribution in [2.24, 2.45) is 0 Å². The minimum Gasteiger partial charge on any atom is -0.379 e. The molecule has 0 spiro atoms. The van der Waals surface area contributed by atoms with Crippen LogP contribution < -0.4 is 5.32 Å². The van der Waals surface area contributed by atoms with Crippen LogP contribution in [0.5, 0.6) is 0 Å². The predicted molar refractivity (Wildman–Crippen MR) is 113 cm³/mol. The summed E-state index contributed by atoms with van der Waals surface area (Å²) in [6, 6.07) is 3.42. The van der Waals surface area contributed by atoms with E-state index in [4.69, 9.17) is 4.74 Å². The van der Waals surface area contributed by atoms with Gasteiger partial charge in [-0.1, -0.05) is 13.3 Å². The van der Waals surface area contributed by atoms with E-state index in [0.29, 0.717) is 23.2 Å². The first-order valence-corrected chi connectivity index (χ1v) is 11.5. The number of Topliss-reactive ketones (excluding diaryl/α,β-unsaturated/α-hetero) is 1. The van der Waals surface area contributed by atoms with Crippen LogP contribution >= 0.6 is 0 Å². The highest BCUT2D eigenvalue weighted by atomic mass is 32.2. The number of rotatable bonds is 7. The number of benzene rings is 1. The molecule has 31 heavy (non-hydrogen) atoms. The van der Waals surface area contributed by atoms with Gasteiger partial charge in [0, 0.05) is 30.0 Å². The maximum absolute atomic E-state index is 14.4. The third-order valence-electron chi connectivity index (χ3n) is 5.15. The van der Waals surface area contributed by atoms with Gasteiger partial charge in [-0.25, -0.2) is 12.8 Å². The van der Waals surface area contributed by atoms with Gasteiger partial charge in [0.15, 0.2) is 5.78 Å². The summed E-state index contributed by atoms with van der Waals surface area (Å²) in [7, 11) is -4.07. The average Bonchev–Trinajstić information content (AvgIpc) is 3.06. The zero-order chi connectivity index (χ0) is 22.8. The van der Waals surface area contributed by atoms with Crippen LogP contribution in [0.25, 0.3) is 0 Å². The minimum atomic E-state index is -4.07. The Morgan fingerprint density at radius 3 is 2.55 bits per heavy atom. The lowest BCUT2D eigenvalue weighted by molar-refractivity contribution is 0.0729. The molecule has 0 bridgehead atoms. The van der Waals surface area contributed by atoms with Crippen LogP contribution in [-0.4, -0.2) is 55.7 Å². The summed E-state index contributed by atoms with van der Waals surface area (Å²) in [5.74, 6) is -1.57. The summed E-state index contributed by atoms with van der Waals surface area (Å²) < 4.78 is 46.4. The number of anilines is 1. The van der Waals surface area contributed by atoms with Crippen LogP contribution in [0.1, 0.15) is 52.4 Å². The second kappa shape index (κ2) is 9.29. The number of amides is 1. The molecule has 2 heterocycles. The van der Waals surface area contributed by atoms with E-state index in [1.165, 1.54) is 13.0 Å². The normalized spacial score (nSPS) is 15.1. The van der Waals surface area contributed by atoms with Crippen LogP contribution in [0.15, 0.2) is 23.1 Å². The van der Waals surface area contributed by atoms with E-state index < -0.39 is 26.6 Å². The summed E-state index contributed by atoms with van der Waals surface area (Å²) in [6.07, 6.45) is 1.26. The second-order valence-corrected chi connectivity index (χ2v) is 9.31. The van der Waals surface area contributed by atoms with E-state index in [2.05, 4.69) is 10.3 Å². The predicted octanol–water partition coefficient (Wildman–Crippen LogP) is 2.89. The molecule has 1 aliphatic heterocycles. The van der Waals surface area contributed by atoms with Crippen molar-refractivity contribution in [1.82, 2.24) is 9.29 Å². The van der Waals surface area contributed by atoms with Crippen LogP contribution in [0.4, 0.5) is 10.1 Å². The number of halogens is 1. The number of hydrogen-bond donors (Lipinski definition) is 2. The Morgan fingerprint density at radius 2 is 1.94 bits per heavy atom. The molecular weight excluding hydrogens is 425 g/mol. The standard InChI is InChI=1S/C21H26FN3O5S/c1-4-5-16-19(14(3)26)13(2)23-20(16)21(27)24-15-6-7-17(22)18(12-15)31(28,29)25-8-10-30-11-9-25/h6-7,12,23H,4-5,8-11H2,1-3H3,(H,24,27). The number of nitrogens with one attached hydrogen (secondary N) is 2.